The maximum Gasteiger partial charge on any atom is 0.231 e. The molecule has 7 heteroatoms. The normalized spacial score (nSPS) is 17.3. The number of halogens is 2. The summed E-state index contributed by atoms with van der Waals surface area (Å²) in [6.45, 7) is 3.96. The number of phenols is 1. The number of ketones is 1. The highest BCUT2D eigenvalue weighted by molar-refractivity contribution is 6.35. The molecule has 0 spiro atoms. The Balaban J connectivity index is 1.35. The number of Topliss-reactive ketones (excluding diaryl/α,β-unsaturated/α-hetero) is 1. The number of benzene rings is 3. The van der Waals surface area contributed by atoms with Gasteiger partial charge in [-0.15, -0.1) is 0 Å². The van der Waals surface area contributed by atoms with Gasteiger partial charge in [0.05, 0.1) is 11.1 Å². The van der Waals surface area contributed by atoms with Crippen molar-refractivity contribution >= 4 is 40.7 Å². The van der Waals surface area contributed by atoms with E-state index in [0.29, 0.717) is 39.0 Å². The predicted octanol–water partition coefficient (Wildman–Crippen LogP) is 5.64. The number of piperazine rings is 1. The van der Waals surface area contributed by atoms with E-state index in [9.17, 15) is 9.90 Å². The highest BCUT2D eigenvalue weighted by Gasteiger charge is 2.32. The number of carbonyl (C=O) groups excluding carboxylic acids is 1. The summed E-state index contributed by atoms with van der Waals surface area (Å²) in [5.74, 6) is 0.487. The molecule has 3 aromatic rings. The van der Waals surface area contributed by atoms with Crippen LogP contribution < -0.4 is 9.64 Å². The lowest BCUT2D eigenvalue weighted by Crippen LogP contribution is -2.46. The minimum Gasteiger partial charge on any atom is -0.507 e. The minimum absolute atomic E-state index is 0.123. The Morgan fingerprint density at radius 2 is 1.73 bits per heavy atom. The molecular weight excluding hydrogens is 459 g/mol. The Hall–Kier alpha value is -2.99. The Morgan fingerprint density at radius 1 is 0.970 bits per heavy atom. The number of hydrogen-bond acceptors (Lipinski definition) is 5. The molecule has 33 heavy (non-hydrogen) atoms. The third kappa shape index (κ3) is 4.44. The van der Waals surface area contributed by atoms with Crippen LogP contribution in [0.2, 0.25) is 10.0 Å². The van der Waals surface area contributed by atoms with Crippen LogP contribution in [0.15, 0.2) is 66.4 Å². The topological polar surface area (TPSA) is 53.0 Å². The fourth-order valence-corrected chi connectivity index (χ4v) is 4.70. The summed E-state index contributed by atoms with van der Waals surface area (Å²) in [5, 5.41) is 11.5. The van der Waals surface area contributed by atoms with Gasteiger partial charge in [0.25, 0.3) is 0 Å². The van der Waals surface area contributed by atoms with Gasteiger partial charge in [0.15, 0.2) is 5.76 Å². The number of anilines is 1. The number of hydrogen-bond donors (Lipinski definition) is 1. The van der Waals surface area contributed by atoms with Crippen LogP contribution in [0.4, 0.5) is 5.69 Å². The van der Waals surface area contributed by atoms with Gasteiger partial charge in [-0.05, 0) is 48.0 Å². The smallest absolute Gasteiger partial charge is 0.231 e. The largest absolute Gasteiger partial charge is 0.507 e. The zero-order valence-electron chi connectivity index (χ0n) is 17.8. The monoisotopic (exact) mass is 480 g/mol. The second-order valence-electron chi connectivity index (χ2n) is 8.14. The second kappa shape index (κ2) is 9.10. The number of fused-ring (bicyclic) bond motifs is 1. The Morgan fingerprint density at radius 3 is 2.45 bits per heavy atom. The quantitative estimate of drug-likeness (QED) is 0.489. The van der Waals surface area contributed by atoms with Gasteiger partial charge < -0.3 is 14.7 Å². The van der Waals surface area contributed by atoms with Crippen LogP contribution in [0.1, 0.15) is 21.5 Å². The molecule has 0 amide bonds. The minimum atomic E-state index is -0.230. The maximum atomic E-state index is 13.0. The van der Waals surface area contributed by atoms with Gasteiger partial charge in [-0.1, -0.05) is 47.5 Å². The van der Waals surface area contributed by atoms with E-state index in [0.717, 1.165) is 26.2 Å². The Kier molecular flexibility index (Phi) is 6.02. The van der Waals surface area contributed by atoms with Crippen molar-refractivity contribution in [1.82, 2.24) is 4.90 Å². The molecule has 0 radical (unpaired) electrons. The molecule has 168 valence electrons. The molecule has 0 aliphatic carbocycles. The van der Waals surface area contributed by atoms with Crippen LogP contribution in [0.5, 0.6) is 11.5 Å². The second-order valence-corrected chi connectivity index (χ2v) is 8.99. The molecule has 2 aliphatic heterocycles. The van der Waals surface area contributed by atoms with E-state index < -0.39 is 0 Å². The summed E-state index contributed by atoms with van der Waals surface area (Å²) in [5.41, 5.74) is 2.92. The lowest BCUT2D eigenvalue weighted by molar-refractivity contribution is 0.101. The van der Waals surface area contributed by atoms with Crippen molar-refractivity contribution < 1.29 is 14.6 Å². The van der Waals surface area contributed by atoms with Crippen molar-refractivity contribution in [2.45, 2.75) is 6.54 Å². The van der Waals surface area contributed by atoms with Gasteiger partial charge in [-0.25, -0.2) is 0 Å². The van der Waals surface area contributed by atoms with Crippen LogP contribution >= 0.6 is 23.2 Å². The molecule has 0 unspecified atom stereocenters. The van der Waals surface area contributed by atoms with Crippen molar-refractivity contribution in [3.63, 3.8) is 0 Å². The lowest BCUT2D eigenvalue weighted by atomic mass is 10.0. The molecule has 3 aromatic carbocycles. The first-order valence-electron chi connectivity index (χ1n) is 10.8. The van der Waals surface area contributed by atoms with Crippen LogP contribution in [0, 0.1) is 0 Å². The maximum absolute atomic E-state index is 13.0. The molecule has 0 bridgehead atoms. The van der Waals surface area contributed by atoms with Gasteiger partial charge >= 0.3 is 0 Å². The molecule has 0 saturated carbocycles. The zero-order chi connectivity index (χ0) is 22.9. The summed E-state index contributed by atoms with van der Waals surface area (Å²) in [6, 6.07) is 18.6. The number of allylic oxidation sites excluding steroid dienone is 1. The highest BCUT2D eigenvalue weighted by Crippen LogP contribution is 2.40. The van der Waals surface area contributed by atoms with Crippen molar-refractivity contribution in [3.05, 3.63) is 93.2 Å². The lowest BCUT2D eigenvalue weighted by Gasteiger charge is -2.36. The van der Waals surface area contributed by atoms with E-state index >= 15 is 0 Å². The van der Waals surface area contributed by atoms with Gasteiger partial charge in [0.1, 0.15) is 11.5 Å². The summed E-state index contributed by atoms with van der Waals surface area (Å²) in [4.78, 5) is 17.6. The van der Waals surface area contributed by atoms with Crippen molar-refractivity contribution in [2.24, 2.45) is 0 Å². The molecule has 1 saturated heterocycles. The van der Waals surface area contributed by atoms with E-state index in [1.165, 1.54) is 5.69 Å². The number of para-hydroxylation sites is 1. The standard InChI is InChI=1S/C26H22Cl2N2O3/c27-18-7-6-17(22(28)15-18)14-24-25(32)20-8-9-23(31)21(26(20)33-24)16-29-10-12-30(13-11-29)19-4-2-1-3-5-19/h1-9,14-15,31H,10-13,16H2/b24-14-. The van der Waals surface area contributed by atoms with E-state index in [4.69, 9.17) is 27.9 Å². The molecule has 5 nitrogen and oxygen atoms in total. The Labute approximate surface area is 202 Å². The van der Waals surface area contributed by atoms with Gasteiger partial charge in [0.2, 0.25) is 5.78 Å². The number of carbonyl (C=O) groups is 1. The molecule has 2 heterocycles. The van der Waals surface area contributed by atoms with E-state index in [1.54, 1.807) is 36.4 Å². The summed E-state index contributed by atoms with van der Waals surface area (Å²) >= 11 is 12.2. The average Bonchev–Trinajstić information content (AvgIpc) is 3.14. The molecule has 2 aliphatic rings. The number of rotatable bonds is 4. The van der Waals surface area contributed by atoms with Crippen molar-refractivity contribution in [3.8, 4) is 11.5 Å². The summed E-state index contributed by atoms with van der Waals surface area (Å²) < 4.78 is 5.98. The van der Waals surface area contributed by atoms with E-state index in [2.05, 4.69) is 21.9 Å². The van der Waals surface area contributed by atoms with E-state index in [1.807, 2.05) is 18.2 Å². The zero-order valence-corrected chi connectivity index (χ0v) is 19.3. The molecule has 0 atom stereocenters. The highest BCUT2D eigenvalue weighted by atomic mass is 35.5. The molecule has 0 aromatic heterocycles. The van der Waals surface area contributed by atoms with Crippen LogP contribution in [-0.2, 0) is 6.54 Å². The third-order valence-corrected chi connectivity index (χ3v) is 6.60. The predicted molar refractivity (Wildman–Crippen MR) is 131 cm³/mol. The number of aromatic hydroxyl groups is 1. The van der Waals surface area contributed by atoms with Gasteiger partial charge in [0, 0.05) is 48.5 Å². The molecule has 1 N–H and O–H groups in total. The fourth-order valence-electron chi connectivity index (χ4n) is 4.24. The van der Waals surface area contributed by atoms with Crippen LogP contribution in [0.25, 0.3) is 6.08 Å². The number of nitrogens with zero attached hydrogens (tertiary/aromatic N) is 2. The van der Waals surface area contributed by atoms with Gasteiger partial charge in [-0.2, -0.15) is 0 Å². The average molecular weight is 481 g/mol. The fraction of sp³-hybridized carbons (Fsp3) is 0.192. The van der Waals surface area contributed by atoms with Crippen molar-refractivity contribution in [2.75, 3.05) is 31.1 Å². The SMILES string of the molecule is O=C1/C(=C/c2ccc(Cl)cc2Cl)Oc2c1ccc(O)c2CN1CCN(c2ccccc2)CC1. The molecule has 5 rings (SSSR count). The number of phenolic OH excluding ortho intramolecular Hbond substituents is 1. The van der Waals surface area contributed by atoms with E-state index in [-0.39, 0.29) is 17.3 Å². The summed E-state index contributed by atoms with van der Waals surface area (Å²) in [7, 11) is 0. The van der Waals surface area contributed by atoms with Crippen LogP contribution in [-0.4, -0.2) is 42.0 Å². The first kappa shape index (κ1) is 21.8. The van der Waals surface area contributed by atoms with Crippen LogP contribution in [0.3, 0.4) is 0 Å². The molecule has 1 fully saturated rings. The van der Waals surface area contributed by atoms with Gasteiger partial charge in [-0.3, -0.25) is 9.69 Å². The first-order chi connectivity index (χ1) is 16.0. The van der Waals surface area contributed by atoms with Crippen molar-refractivity contribution in [1.29, 1.82) is 0 Å². The number of ether oxygens (including phenoxy) is 1. The Bertz CT molecular complexity index is 1240. The first-order valence-corrected chi connectivity index (χ1v) is 11.5. The summed E-state index contributed by atoms with van der Waals surface area (Å²) in [6.07, 6.45) is 1.61. The third-order valence-electron chi connectivity index (χ3n) is 6.04. The molecular formula is C26H22Cl2N2O3.